The van der Waals surface area contributed by atoms with E-state index in [-0.39, 0.29) is 11.9 Å². The van der Waals surface area contributed by atoms with Crippen LogP contribution in [0.1, 0.15) is 31.9 Å². The van der Waals surface area contributed by atoms with Gasteiger partial charge < -0.3 is 5.32 Å². The highest BCUT2D eigenvalue weighted by Gasteiger charge is 2.10. The monoisotopic (exact) mass is 223 g/mol. The summed E-state index contributed by atoms with van der Waals surface area (Å²) in [5.74, 6) is 4.87. The summed E-state index contributed by atoms with van der Waals surface area (Å²) in [6, 6.07) is 3.27. The fourth-order valence-corrected chi connectivity index (χ4v) is 1.43. The molecule has 0 fully saturated rings. The van der Waals surface area contributed by atoms with Crippen LogP contribution in [0.4, 0.5) is 8.78 Å². The largest absolute Gasteiger partial charge is 0.309 e. The Labute approximate surface area is 94.9 Å². The minimum absolute atomic E-state index is 0.214. The quantitative estimate of drug-likeness (QED) is 0.611. The topological polar surface area (TPSA) is 12.0 Å². The second-order valence-electron chi connectivity index (χ2n) is 3.52. The molecule has 0 amide bonds. The van der Waals surface area contributed by atoms with Crippen molar-refractivity contribution in [3.63, 3.8) is 0 Å². The van der Waals surface area contributed by atoms with Crippen LogP contribution in [0.2, 0.25) is 0 Å². The van der Waals surface area contributed by atoms with Gasteiger partial charge in [-0.2, -0.15) is 0 Å². The minimum Gasteiger partial charge on any atom is -0.309 e. The molecule has 1 N–H and O–H groups in total. The fraction of sp³-hybridized carbons (Fsp3) is 0.385. The van der Waals surface area contributed by atoms with Crippen LogP contribution in [0.5, 0.6) is 0 Å². The van der Waals surface area contributed by atoms with Crippen LogP contribution < -0.4 is 5.32 Å². The standard InChI is InChI=1S/C13H15F2N/c1-3-4-5-8-16-10(2)12-9-11(14)6-7-13(12)15/h6-7,9-10,16H,5,8H2,1-2H3. The number of halogens is 2. The summed E-state index contributed by atoms with van der Waals surface area (Å²) < 4.78 is 26.3. The summed E-state index contributed by atoms with van der Waals surface area (Å²) in [6.07, 6.45) is 0.706. The van der Waals surface area contributed by atoms with Crippen LogP contribution in [0.15, 0.2) is 18.2 Å². The lowest BCUT2D eigenvalue weighted by Crippen LogP contribution is -2.20. The summed E-state index contributed by atoms with van der Waals surface area (Å²) in [6.45, 7) is 4.24. The van der Waals surface area contributed by atoms with E-state index < -0.39 is 5.82 Å². The maximum Gasteiger partial charge on any atom is 0.128 e. The smallest absolute Gasteiger partial charge is 0.128 e. The van der Waals surface area contributed by atoms with E-state index in [0.29, 0.717) is 18.5 Å². The summed E-state index contributed by atoms with van der Waals surface area (Å²) in [5.41, 5.74) is 0.351. The summed E-state index contributed by atoms with van der Waals surface area (Å²) in [4.78, 5) is 0. The van der Waals surface area contributed by atoms with Crippen LogP contribution in [0.3, 0.4) is 0 Å². The molecule has 0 heterocycles. The molecule has 16 heavy (non-hydrogen) atoms. The van der Waals surface area contributed by atoms with Crippen molar-refractivity contribution in [3.05, 3.63) is 35.4 Å². The Bertz CT molecular complexity index is 404. The lowest BCUT2D eigenvalue weighted by atomic mass is 10.1. The van der Waals surface area contributed by atoms with Gasteiger partial charge in [-0.3, -0.25) is 0 Å². The first kappa shape index (κ1) is 12.7. The van der Waals surface area contributed by atoms with E-state index in [2.05, 4.69) is 17.2 Å². The average molecular weight is 223 g/mol. The lowest BCUT2D eigenvalue weighted by Gasteiger charge is -2.14. The van der Waals surface area contributed by atoms with Crippen LogP contribution >= 0.6 is 0 Å². The highest BCUT2D eigenvalue weighted by molar-refractivity contribution is 5.21. The van der Waals surface area contributed by atoms with Crippen molar-refractivity contribution in [1.29, 1.82) is 0 Å². The van der Waals surface area contributed by atoms with Crippen molar-refractivity contribution in [3.8, 4) is 11.8 Å². The number of hydrogen-bond acceptors (Lipinski definition) is 1. The Hall–Kier alpha value is -1.40. The maximum atomic E-state index is 13.4. The lowest BCUT2D eigenvalue weighted by molar-refractivity contribution is 0.524. The van der Waals surface area contributed by atoms with Gasteiger partial charge in [-0.25, -0.2) is 8.78 Å². The van der Waals surface area contributed by atoms with Crippen molar-refractivity contribution in [2.75, 3.05) is 6.54 Å². The van der Waals surface area contributed by atoms with E-state index >= 15 is 0 Å². The number of nitrogens with one attached hydrogen (secondary N) is 1. The third-order valence-corrected chi connectivity index (χ3v) is 2.30. The predicted molar refractivity (Wildman–Crippen MR) is 60.8 cm³/mol. The highest BCUT2D eigenvalue weighted by Crippen LogP contribution is 2.17. The molecule has 0 aliphatic carbocycles. The number of benzene rings is 1. The molecule has 1 rings (SSSR count). The van der Waals surface area contributed by atoms with Crippen LogP contribution in [-0.4, -0.2) is 6.54 Å². The average Bonchev–Trinajstić information content (AvgIpc) is 2.27. The predicted octanol–water partition coefficient (Wildman–Crippen LogP) is 3.03. The van der Waals surface area contributed by atoms with Gasteiger partial charge in [-0.1, -0.05) is 0 Å². The normalized spacial score (nSPS) is 11.8. The maximum absolute atomic E-state index is 13.4. The molecule has 1 aromatic rings. The zero-order valence-corrected chi connectivity index (χ0v) is 9.48. The highest BCUT2D eigenvalue weighted by atomic mass is 19.1. The van der Waals surface area contributed by atoms with Crippen molar-refractivity contribution in [1.82, 2.24) is 5.32 Å². The van der Waals surface area contributed by atoms with Crippen LogP contribution in [0, 0.1) is 23.5 Å². The zero-order chi connectivity index (χ0) is 12.0. The Morgan fingerprint density at radius 1 is 1.38 bits per heavy atom. The second-order valence-corrected chi connectivity index (χ2v) is 3.52. The summed E-state index contributed by atoms with van der Waals surface area (Å²) in [5, 5.41) is 3.09. The molecule has 3 heteroatoms. The molecule has 1 atom stereocenters. The summed E-state index contributed by atoms with van der Waals surface area (Å²) >= 11 is 0. The third kappa shape index (κ3) is 3.63. The Morgan fingerprint density at radius 2 is 2.12 bits per heavy atom. The Balaban J connectivity index is 2.60. The van der Waals surface area contributed by atoms with Gasteiger partial charge in [0.05, 0.1) is 0 Å². The van der Waals surface area contributed by atoms with Gasteiger partial charge in [0.2, 0.25) is 0 Å². The molecule has 0 saturated carbocycles. The van der Waals surface area contributed by atoms with Gasteiger partial charge in [-0.05, 0) is 32.0 Å². The van der Waals surface area contributed by atoms with Gasteiger partial charge >= 0.3 is 0 Å². The Morgan fingerprint density at radius 3 is 2.81 bits per heavy atom. The van der Waals surface area contributed by atoms with E-state index in [1.807, 2.05) is 0 Å². The molecule has 0 radical (unpaired) electrons. The van der Waals surface area contributed by atoms with E-state index in [0.717, 1.165) is 12.1 Å². The molecular formula is C13H15F2N. The van der Waals surface area contributed by atoms with Gasteiger partial charge in [0.15, 0.2) is 0 Å². The first-order chi connectivity index (χ1) is 7.65. The number of hydrogen-bond donors (Lipinski definition) is 1. The molecule has 0 aliphatic heterocycles. The van der Waals surface area contributed by atoms with Gasteiger partial charge in [-0.15, -0.1) is 11.8 Å². The van der Waals surface area contributed by atoms with Gasteiger partial charge in [0.1, 0.15) is 11.6 Å². The van der Waals surface area contributed by atoms with Crippen molar-refractivity contribution >= 4 is 0 Å². The van der Waals surface area contributed by atoms with E-state index in [1.54, 1.807) is 13.8 Å². The molecule has 1 nitrogen and oxygen atoms in total. The van der Waals surface area contributed by atoms with Crippen molar-refractivity contribution in [2.45, 2.75) is 26.3 Å². The molecule has 0 aromatic heterocycles. The van der Waals surface area contributed by atoms with Crippen LogP contribution in [0.25, 0.3) is 0 Å². The second kappa shape index (κ2) is 6.24. The molecule has 1 aromatic carbocycles. The molecule has 0 saturated heterocycles. The SMILES string of the molecule is CC#CCCNC(C)c1cc(F)ccc1F. The first-order valence-corrected chi connectivity index (χ1v) is 5.23. The molecule has 0 bridgehead atoms. The van der Waals surface area contributed by atoms with Crippen molar-refractivity contribution in [2.24, 2.45) is 0 Å². The number of rotatable bonds is 4. The first-order valence-electron chi connectivity index (χ1n) is 5.23. The molecule has 0 aliphatic rings. The van der Waals surface area contributed by atoms with Crippen molar-refractivity contribution < 1.29 is 8.78 Å². The van der Waals surface area contributed by atoms with E-state index in [1.165, 1.54) is 6.07 Å². The molecular weight excluding hydrogens is 208 g/mol. The molecule has 0 spiro atoms. The van der Waals surface area contributed by atoms with Gasteiger partial charge in [0.25, 0.3) is 0 Å². The van der Waals surface area contributed by atoms with E-state index in [4.69, 9.17) is 0 Å². The molecule has 1 unspecified atom stereocenters. The van der Waals surface area contributed by atoms with Crippen LogP contribution in [-0.2, 0) is 0 Å². The zero-order valence-electron chi connectivity index (χ0n) is 9.48. The minimum atomic E-state index is -0.418. The Kier molecular flexibility index (Phi) is 4.94. The van der Waals surface area contributed by atoms with E-state index in [9.17, 15) is 8.78 Å². The molecule has 86 valence electrons. The van der Waals surface area contributed by atoms with Gasteiger partial charge in [0, 0.05) is 24.6 Å². The fourth-order valence-electron chi connectivity index (χ4n) is 1.43. The third-order valence-electron chi connectivity index (χ3n) is 2.30. The summed E-state index contributed by atoms with van der Waals surface area (Å²) in [7, 11) is 0.